The Bertz CT molecular complexity index is 544. The molecule has 0 radical (unpaired) electrons. The Morgan fingerprint density at radius 2 is 2.10 bits per heavy atom. The van der Waals surface area contributed by atoms with E-state index in [4.69, 9.17) is 5.11 Å². The Labute approximate surface area is 123 Å². The van der Waals surface area contributed by atoms with Gasteiger partial charge in [0.1, 0.15) is 0 Å². The molecule has 0 aromatic heterocycles. The number of likely N-dealkylation sites (tertiary alicyclic amines) is 1. The van der Waals surface area contributed by atoms with Crippen LogP contribution >= 0.6 is 11.8 Å². The van der Waals surface area contributed by atoms with Crippen LogP contribution < -0.4 is 0 Å². The molecule has 1 aromatic rings. The molecule has 108 valence electrons. The number of amides is 1. The molecule has 20 heavy (non-hydrogen) atoms. The molecule has 1 aromatic carbocycles. The van der Waals surface area contributed by atoms with Crippen molar-refractivity contribution in [2.45, 2.75) is 31.2 Å². The third kappa shape index (κ3) is 2.68. The van der Waals surface area contributed by atoms with E-state index in [0.29, 0.717) is 18.5 Å². The van der Waals surface area contributed by atoms with Gasteiger partial charge in [-0.1, -0.05) is 6.07 Å². The summed E-state index contributed by atoms with van der Waals surface area (Å²) in [4.78, 5) is 26.5. The fourth-order valence-corrected chi connectivity index (χ4v) is 3.11. The molecule has 0 saturated carbocycles. The second kappa shape index (κ2) is 5.87. The molecule has 0 spiro atoms. The van der Waals surface area contributed by atoms with E-state index in [1.165, 1.54) is 0 Å². The van der Waals surface area contributed by atoms with Crippen LogP contribution in [-0.4, -0.2) is 40.7 Å². The van der Waals surface area contributed by atoms with Crippen molar-refractivity contribution in [1.29, 1.82) is 0 Å². The molecule has 5 heteroatoms. The summed E-state index contributed by atoms with van der Waals surface area (Å²) in [7, 11) is 0. The van der Waals surface area contributed by atoms with Crippen molar-refractivity contribution < 1.29 is 14.7 Å². The Kier molecular flexibility index (Phi) is 4.38. The first kappa shape index (κ1) is 14.9. The number of aliphatic carboxylic acids is 1. The molecule has 1 aliphatic heterocycles. The van der Waals surface area contributed by atoms with Crippen LogP contribution in [0.25, 0.3) is 0 Å². The molecule has 1 aliphatic rings. The topological polar surface area (TPSA) is 57.6 Å². The van der Waals surface area contributed by atoms with E-state index in [1.807, 2.05) is 38.3 Å². The standard InChI is InChI=1S/C15H19NO3S/c1-9-4-5-11(20-3)8-13(9)14(17)16-7-6-12(10(16)2)15(18)19/h4-5,8,10,12H,6-7H2,1-3H3,(H,18,19). The molecule has 1 saturated heterocycles. The van der Waals surface area contributed by atoms with Gasteiger partial charge in [0.25, 0.3) is 5.91 Å². The third-order valence-corrected chi connectivity index (χ3v) is 4.73. The van der Waals surface area contributed by atoms with Crippen LogP contribution in [0, 0.1) is 12.8 Å². The van der Waals surface area contributed by atoms with Gasteiger partial charge in [-0.25, -0.2) is 0 Å². The number of benzene rings is 1. The molecule has 1 amide bonds. The van der Waals surface area contributed by atoms with Crippen molar-refractivity contribution in [3.8, 4) is 0 Å². The molecule has 0 aliphatic carbocycles. The Hall–Kier alpha value is -1.49. The summed E-state index contributed by atoms with van der Waals surface area (Å²) < 4.78 is 0. The highest BCUT2D eigenvalue weighted by Gasteiger charge is 2.38. The summed E-state index contributed by atoms with van der Waals surface area (Å²) in [6.45, 7) is 4.24. The van der Waals surface area contributed by atoms with E-state index in [2.05, 4.69) is 0 Å². The average molecular weight is 293 g/mol. The lowest BCUT2D eigenvalue weighted by atomic mass is 10.0. The van der Waals surface area contributed by atoms with Crippen molar-refractivity contribution in [1.82, 2.24) is 4.90 Å². The lowest BCUT2D eigenvalue weighted by molar-refractivity contribution is -0.142. The quantitative estimate of drug-likeness (QED) is 0.870. The summed E-state index contributed by atoms with van der Waals surface area (Å²) in [5.41, 5.74) is 1.61. The van der Waals surface area contributed by atoms with Gasteiger partial charge < -0.3 is 10.0 Å². The lowest BCUT2D eigenvalue weighted by Gasteiger charge is -2.24. The van der Waals surface area contributed by atoms with Crippen molar-refractivity contribution in [3.05, 3.63) is 29.3 Å². The first-order chi connectivity index (χ1) is 9.45. The molecule has 0 bridgehead atoms. The van der Waals surface area contributed by atoms with E-state index in [1.54, 1.807) is 16.7 Å². The molecule has 4 nitrogen and oxygen atoms in total. The second-order valence-electron chi connectivity index (χ2n) is 5.15. The van der Waals surface area contributed by atoms with Gasteiger partial charge in [0.2, 0.25) is 0 Å². The van der Waals surface area contributed by atoms with Gasteiger partial charge in [0, 0.05) is 23.0 Å². The highest BCUT2D eigenvalue weighted by Crippen LogP contribution is 2.28. The summed E-state index contributed by atoms with van der Waals surface area (Å²) in [6, 6.07) is 5.57. The smallest absolute Gasteiger partial charge is 0.308 e. The second-order valence-corrected chi connectivity index (χ2v) is 6.03. The Morgan fingerprint density at radius 3 is 2.65 bits per heavy atom. The van der Waals surface area contributed by atoms with Crippen LogP contribution in [0.3, 0.4) is 0 Å². The largest absolute Gasteiger partial charge is 0.481 e. The van der Waals surface area contributed by atoms with Gasteiger partial charge in [-0.15, -0.1) is 11.8 Å². The van der Waals surface area contributed by atoms with E-state index >= 15 is 0 Å². The SMILES string of the molecule is CSc1ccc(C)c(C(=O)N2CCC(C(=O)O)C2C)c1. The number of nitrogens with zero attached hydrogens (tertiary/aromatic N) is 1. The van der Waals surface area contributed by atoms with Crippen LogP contribution in [0.1, 0.15) is 29.3 Å². The number of carbonyl (C=O) groups excluding carboxylic acids is 1. The highest BCUT2D eigenvalue weighted by molar-refractivity contribution is 7.98. The van der Waals surface area contributed by atoms with Crippen LogP contribution in [0.15, 0.2) is 23.1 Å². The van der Waals surface area contributed by atoms with Gasteiger partial charge in [0.05, 0.1) is 5.92 Å². The molecular formula is C15H19NO3S. The maximum atomic E-state index is 12.6. The van der Waals surface area contributed by atoms with E-state index < -0.39 is 11.9 Å². The zero-order valence-electron chi connectivity index (χ0n) is 11.9. The van der Waals surface area contributed by atoms with E-state index in [9.17, 15) is 9.59 Å². The van der Waals surface area contributed by atoms with Crippen LogP contribution in [0.4, 0.5) is 0 Å². The number of hydrogen-bond donors (Lipinski definition) is 1. The van der Waals surface area contributed by atoms with Crippen molar-refractivity contribution >= 4 is 23.6 Å². The fourth-order valence-electron chi connectivity index (χ4n) is 2.67. The molecule has 1 heterocycles. The predicted octanol–water partition coefficient (Wildman–Crippen LogP) is 2.65. The number of carbonyl (C=O) groups is 2. The number of carboxylic acid groups (broad SMARTS) is 1. The number of hydrogen-bond acceptors (Lipinski definition) is 3. The minimum Gasteiger partial charge on any atom is -0.481 e. The first-order valence-corrected chi connectivity index (χ1v) is 7.86. The normalized spacial score (nSPS) is 22.1. The summed E-state index contributed by atoms with van der Waals surface area (Å²) >= 11 is 1.59. The van der Waals surface area contributed by atoms with Crippen molar-refractivity contribution in [2.24, 2.45) is 5.92 Å². The molecule has 1 fully saturated rings. The van der Waals surface area contributed by atoms with Gasteiger partial charge in [-0.3, -0.25) is 9.59 Å². The van der Waals surface area contributed by atoms with Gasteiger partial charge in [-0.2, -0.15) is 0 Å². The van der Waals surface area contributed by atoms with Crippen molar-refractivity contribution in [3.63, 3.8) is 0 Å². The number of aryl methyl sites for hydroxylation is 1. The Balaban J connectivity index is 2.26. The minimum atomic E-state index is -0.817. The maximum absolute atomic E-state index is 12.6. The zero-order valence-corrected chi connectivity index (χ0v) is 12.7. The minimum absolute atomic E-state index is 0.0605. The lowest BCUT2D eigenvalue weighted by Crippen LogP contribution is -2.38. The fraction of sp³-hybridized carbons (Fsp3) is 0.467. The molecule has 2 unspecified atom stereocenters. The average Bonchev–Trinajstić information content (AvgIpc) is 2.80. The predicted molar refractivity (Wildman–Crippen MR) is 79.2 cm³/mol. The van der Waals surface area contributed by atoms with Crippen LogP contribution in [0.5, 0.6) is 0 Å². The van der Waals surface area contributed by atoms with Gasteiger partial charge in [0.15, 0.2) is 0 Å². The summed E-state index contributed by atoms with van der Waals surface area (Å²) in [6.07, 6.45) is 2.50. The Morgan fingerprint density at radius 1 is 1.40 bits per heavy atom. The molecular weight excluding hydrogens is 274 g/mol. The van der Waals surface area contributed by atoms with Gasteiger partial charge >= 0.3 is 5.97 Å². The third-order valence-electron chi connectivity index (χ3n) is 4.01. The highest BCUT2D eigenvalue weighted by atomic mass is 32.2. The molecule has 2 atom stereocenters. The zero-order chi connectivity index (χ0) is 14.9. The molecule has 1 N–H and O–H groups in total. The summed E-state index contributed by atoms with van der Waals surface area (Å²) in [5.74, 6) is -1.33. The number of rotatable bonds is 3. The number of carboxylic acids is 1. The first-order valence-electron chi connectivity index (χ1n) is 6.64. The maximum Gasteiger partial charge on any atom is 0.308 e. The van der Waals surface area contributed by atoms with Crippen molar-refractivity contribution in [2.75, 3.05) is 12.8 Å². The summed E-state index contributed by atoms with van der Waals surface area (Å²) in [5, 5.41) is 9.15. The molecule has 2 rings (SSSR count). The van der Waals surface area contributed by atoms with Gasteiger partial charge in [-0.05, 0) is 44.2 Å². The van der Waals surface area contributed by atoms with E-state index in [0.717, 1.165) is 10.5 Å². The van der Waals surface area contributed by atoms with Crippen LogP contribution in [-0.2, 0) is 4.79 Å². The van der Waals surface area contributed by atoms with Crippen LogP contribution in [0.2, 0.25) is 0 Å². The number of thioether (sulfide) groups is 1. The van der Waals surface area contributed by atoms with E-state index in [-0.39, 0.29) is 11.9 Å². The monoisotopic (exact) mass is 293 g/mol.